The molecule has 1 atom stereocenters. The largest absolute Gasteiger partial charge is 0.368 e. The summed E-state index contributed by atoms with van der Waals surface area (Å²) in [4.78, 5) is 13.6. The fraction of sp³-hybridized carbons (Fsp3) is 0.667. The van der Waals surface area contributed by atoms with Gasteiger partial charge in [-0.2, -0.15) is 5.10 Å². The molecule has 0 aromatic carbocycles. The number of likely N-dealkylation sites (N-methyl/N-ethyl adjacent to an activating group) is 1. The van der Waals surface area contributed by atoms with E-state index in [2.05, 4.69) is 10.4 Å². The lowest BCUT2D eigenvalue weighted by Crippen LogP contribution is -2.37. The van der Waals surface area contributed by atoms with Crippen LogP contribution in [-0.2, 0) is 11.8 Å². The number of carbonyl (C=O) groups is 1. The van der Waals surface area contributed by atoms with E-state index in [-0.39, 0.29) is 5.91 Å². The van der Waals surface area contributed by atoms with E-state index in [0.29, 0.717) is 6.54 Å². The second kappa shape index (κ2) is 5.97. The average molecular weight is 253 g/mol. The molecule has 6 nitrogen and oxygen atoms in total. The zero-order valence-electron chi connectivity index (χ0n) is 11.8. The first-order valence-corrected chi connectivity index (χ1v) is 6.02. The highest BCUT2D eigenvalue weighted by Gasteiger charge is 2.24. The van der Waals surface area contributed by atoms with Crippen molar-refractivity contribution < 1.29 is 4.79 Å². The molecular weight excluding hydrogens is 230 g/mol. The predicted octanol–water partition coefficient (Wildman–Crippen LogP) is -0.285. The van der Waals surface area contributed by atoms with Gasteiger partial charge >= 0.3 is 0 Å². The molecule has 1 amide bonds. The van der Waals surface area contributed by atoms with Gasteiger partial charge in [0.05, 0.1) is 5.69 Å². The van der Waals surface area contributed by atoms with Crippen LogP contribution >= 0.6 is 0 Å². The molecule has 1 unspecified atom stereocenters. The first kappa shape index (κ1) is 14.7. The Morgan fingerprint density at radius 3 is 2.50 bits per heavy atom. The zero-order valence-corrected chi connectivity index (χ0v) is 11.8. The summed E-state index contributed by atoms with van der Waals surface area (Å²) in [5.74, 6) is -0.368. The van der Waals surface area contributed by atoms with Crippen molar-refractivity contribution >= 4 is 5.91 Å². The summed E-state index contributed by atoms with van der Waals surface area (Å²) in [5.41, 5.74) is 8.18. The van der Waals surface area contributed by atoms with E-state index in [9.17, 15) is 4.79 Å². The van der Waals surface area contributed by atoms with Crippen LogP contribution in [0.15, 0.2) is 0 Å². The second-order valence-corrected chi connectivity index (χ2v) is 4.80. The minimum Gasteiger partial charge on any atom is -0.368 e. The highest BCUT2D eigenvalue weighted by atomic mass is 16.1. The van der Waals surface area contributed by atoms with Crippen molar-refractivity contribution in [3.8, 4) is 0 Å². The quantitative estimate of drug-likeness (QED) is 0.731. The van der Waals surface area contributed by atoms with Crippen LogP contribution in [0.4, 0.5) is 0 Å². The van der Waals surface area contributed by atoms with E-state index >= 15 is 0 Å². The van der Waals surface area contributed by atoms with Gasteiger partial charge in [-0.05, 0) is 27.9 Å². The molecule has 0 bridgehead atoms. The summed E-state index contributed by atoms with van der Waals surface area (Å²) in [6.45, 7) is 5.39. The molecule has 0 radical (unpaired) electrons. The Kier molecular flexibility index (Phi) is 4.86. The van der Waals surface area contributed by atoms with Crippen molar-refractivity contribution in [3.05, 3.63) is 17.0 Å². The number of hydrogen-bond donors (Lipinski definition) is 2. The van der Waals surface area contributed by atoms with Crippen LogP contribution in [0.25, 0.3) is 0 Å². The standard InChI is InChI=1S/C12H23N5O/c1-8-10(9(2)17(5)15-8)11(12(13)18)14-6-7-16(3)4/h11,14H,6-7H2,1-5H3,(H2,13,18). The van der Waals surface area contributed by atoms with E-state index in [4.69, 9.17) is 5.73 Å². The molecule has 3 N–H and O–H groups in total. The number of carbonyl (C=O) groups excluding carboxylic acids is 1. The van der Waals surface area contributed by atoms with Gasteiger partial charge in [0.15, 0.2) is 0 Å². The van der Waals surface area contributed by atoms with E-state index in [0.717, 1.165) is 23.5 Å². The van der Waals surface area contributed by atoms with Gasteiger partial charge in [-0.3, -0.25) is 9.48 Å². The first-order valence-electron chi connectivity index (χ1n) is 6.02. The van der Waals surface area contributed by atoms with Crippen LogP contribution < -0.4 is 11.1 Å². The third-order valence-corrected chi connectivity index (χ3v) is 3.05. The van der Waals surface area contributed by atoms with E-state index < -0.39 is 6.04 Å². The maximum absolute atomic E-state index is 11.6. The van der Waals surface area contributed by atoms with Gasteiger partial charge in [0.1, 0.15) is 6.04 Å². The summed E-state index contributed by atoms with van der Waals surface area (Å²) in [5, 5.41) is 7.51. The van der Waals surface area contributed by atoms with Crippen molar-refractivity contribution in [2.24, 2.45) is 12.8 Å². The van der Waals surface area contributed by atoms with E-state index in [1.807, 2.05) is 39.9 Å². The van der Waals surface area contributed by atoms with Crippen LogP contribution in [0.5, 0.6) is 0 Å². The molecule has 0 saturated carbocycles. The van der Waals surface area contributed by atoms with Gasteiger partial charge in [-0.25, -0.2) is 0 Å². The molecular formula is C12H23N5O. The monoisotopic (exact) mass is 253 g/mol. The van der Waals surface area contributed by atoms with Crippen LogP contribution in [-0.4, -0.2) is 47.8 Å². The number of aromatic nitrogens is 2. The number of hydrogen-bond acceptors (Lipinski definition) is 4. The summed E-state index contributed by atoms with van der Waals surface area (Å²) in [6.07, 6.45) is 0. The maximum atomic E-state index is 11.6. The van der Waals surface area contributed by atoms with Gasteiger partial charge in [0.25, 0.3) is 0 Å². The molecule has 0 aliphatic carbocycles. The summed E-state index contributed by atoms with van der Waals surface area (Å²) in [6, 6.07) is -0.473. The molecule has 0 aliphatic heterocycles. The van der Waals surface area contributed by atoms with Gasteiger partial charge in [0, 0.05) is 31.4 Å². The minimum absolute atomic E-state index is 0.368. The number of rotatable bonds is 6. The van der Waals surface area contributed by atoms with Crippen molar-refractivity contribution in [3.63, 3.8) is 0 Å². The van der Waals surface area contributed by atoms with Crippen LogP contribution in [0.3, 0.4) is 0 Å². The molecule has 0 aliphatic rings. The van der Waals surface area contributed by atoms with Crippen molar-refractivity contribution in [1.29, 1.82) is 0 Å². The lowest BCUT2D eigenvalue weighted by atomic mass is 10.0. The molecule has 18 heavy (non-hydrogen) atoms. The Labute approximate surface area is 108 Å². The van der Waals surface area contributed by atoms with Crippen LogP contribution in [0.1, 0.15) is 23.0 Å². The number of aryl methyl sites for hydroxylation is 2. The number of nitrogens with one attached hydrogen (secondary N) is 1. The molecule has 1 rings (SSSR count). The molecule has 1 heterocycles. The average Bonchev–Trinajstić information content (AvgIpc) is 2.49. The number of nitrogens with two attached hydrogens (primary N) is 1. The SMILES string of the molecule is Cc1nn(C)c(C)c1C(NCCN(C)C)C(N)=O. The Balaban J connectivity index is 2.88. The Bertz CT molecular complexity index is 424. The third kappa shape index (κ3) is 3.30. The molecule has 0 saturated heterocycles. The lowest BCUT2D eigenvalue weighted by Gasteiger charge is -2.18. The molecule has 0 spiro atoms. The fourth-order valence-electron chi connectivity index (χ4n) is 1.99. The normalized spacial score (nSPS) is 13.0. The van der Waals surface area contributed by atoms with Gasteiger partial charge in [0.2, 0.25) is 5.91 Å². The van der Waals surface area contributed by atoms with Crippen LogP contribution in [0, 0.1) is 13.8 Å². The summed E-state index contributed by atoms with van der Waals surface area (Å²) < 4.78 is 1.77. The number of nitrogens with zero attached hydrogens (tertiary/aromatic N) is 3. The molecule has 6 heteroatoms. The van der Waals surface area contributed by atoms with Crippen LogP contribution in [0.2, 0.25) is 0 Å². The Morgan fingerprint density at radius 2 is 2.11 bits per heavy atom. The first-order chi connectivity index (χ1) is 8.34. The van der Waals surface area contributed by atoms with Gasteiger partial charge < -0.3 is 16.0 Å². The zero-order chi connectivity index (χ0) is 13.9. The van der Waals surface area contributed by atoms with E-state index in [1.54, 1.807) is 4.68 Å². The molecule has 102 valence electrons. The minimum atomic E-state index is -0.473. The van der Waals surface area contributed by atoms with Gasteiger partial charge in [-0.15, -0.1) is 0 Å². The summed E-state index contributed by atoms with van der Waals surface area (Å²) >= 11 is 0. The third-order valence-electron chi connectivity index (χ3n) is 3.05. The Hall–Kier alpha value is -1.40. The van der Waals surface area contributed by atoms with Crippen molar-refractivity contribution in [2.45, 2.75) is 19.9 Å². The highest BCUT2D eigenvalue weighted by molar-refractivity contribution is 5.82. The lowest BCUT2D eigenvalue weighted by molar-refractivity contribution is -0.120. The predicted molar refractivity (Wildman–Crippen MR) is 71.2 cm³/mol. The van der Waals surface area contributed by atoms with Gasteiger partial charge in [-0.1, -0.05) is 0 Å². The van der Waals surface area contributed by atoms with E-state index in [1.165, 1.54) is 0 Å². The molecule has 0 fully saturated rings. The highest BCUT2D eigenvalue weighted by Crippen LogP contribution is 2.20. The molecule has 1 aromatic rings. The summed E-state index contributed by atoms with van der Waals surface area (Å²) in [7, 11) is 5.84. The smallest absolute Gasteiger partial charge is 0.239 e. The number of amides is 1. The second-order valence-electron chi connectivity index (χ2n) is 4.80. The fourth-order valence-corrected chi connectivity index (χ4v) is 1.99. The number of primary amides is 1. The topological polar surface area (TPSA) is 76.2 Å². The Morgan fingerprint density at radius 1 is 1.50 bits per heavy atom. The molecule has 1 aromatic heterocycles. The van der Waals surface area contributed by atoms with Crippen molar-refractivity contribution in [2.75, 3.05) is 27.2 Å². The maximum Gasteiger partial charge on any atom is 0.239 e. The van der Waals surface area contributed by atoms with Crippen molar-refractivity contribution in [1.82, 2.24) is 20.0 Å².